The van der Waals surface area contributed by atoms with E-state index in [2.05, 4.69) is 11.1 Å². The number of rotatable bonds is 4. The third-order valence-corrected chi connectivity index (χ3v) is 4.99. The molecule has 21 heavy (non-hydrogen) atoms. The first kappa shape index (κ1) is 14.2. The Morgan fingerprint density at radius 3 is 3.00 bits per heavy atom. The summed E-state index contributed by atoms with van der Waals surface area (Å²) in [6, 6.07) is 9.70. The van der Waals surface area contributed by atoms with Crippen molar-refractivity contribution in [2.24, 2.45) is 5.92 Å². The Morgan fingerprint density at radius 1 is 1.57 bits per heavy atom. The number of ketones is 1. The highest BCUT2D eigenvalue weighted by atomic mass is 35.5. The number of benzene rings is 1. The number of hydrogen-bond acceptors (Lipinski definition) is 4. The lowest BCUT2D eigenvalue weighted by Crippen LogP contribution is -2.13. The van der Waals surface area contributed by atoms with Crippen LogP contribution in [0.25, 0.3) is 0 Å². The lowest BCUT2D eigenvalue weighted by Gasteiger charge is -2.05. The third-order valence-electron chi connectivity index (χ3n) is 3.73. The molecule has 1 aromatic heterocycles. The molecule has 0 unspecified atom stereocenters. The Kier molecular flexibility index (Phi) is 3.79. The maximum absolute atomic E-state index is 12.5. The molecule has 1 aliphatic carbocycles. The maximum atomic E-state index is 12.5. The van der Waals surface area contributed by atoms with E-state index in [1.165, 1.54) is 11.3 Å². The van der Waals surface area contributed by atoms with Crippen molar-refractivity contribution in [1.29, 1.82) is 5.26 Å². The Morgan fingerprint density at radius 2 is 2.38 bits per heavy atom. The number of Topliss-reactive ketones (excluding diaryl/α,β-unsaturated/α-hetero) is 1. The van der Waals surface area contributed by atoms with E-state index in [0.29, 0.717) is 10.0 Å². The van der Waals surface area contributed by atoms with E-state index in [9.17, 15) is 10.1 Å². The van der Waals surface area contributed by atoms with Crippen LogP contribution in [0.15, 0.2) is 29.6 Å². The van der Waals surface area contributed by atoms with Gasteiger partial charge in [-0.2, -0.15) is 5.26 Å². The minimum atomic E-state index is -0.738. The molecule has 1 aliphatic rings. The molecular weight excluding hydrogens is 304 g/mol. The zero-order valence-electron chi connectivity index (χ0n) is 11.4. The molecule has 5 heteroatoms. The van der Waals surface area contributed by atoms with Gasteiger partial charge in [0.25, 0.3) is 0 Å². The van der Waals surface area contributed by atoms with Gasteiger partial charge in [0.15, 0.2) is 11.7 Å². The van der Waals surface area contributed by atoms with E-state index in [-0.39, 0.29) is 17.6 Å². The quantitative estimate of drug-likeness (QED) is 0.853. The molecule has 3 atom stereocenters. The van der Waals surface area contributed by atoms with Crippen LogP contribution in [-0.4, -0.2) is 10.8 Å². The van der Waals surface area contributed by atoms with Crippen LogP contribution in [0.5, 0.6) is 0 Å². The summed E-state index contributed by atoms with van der Waals surface area (Å²) < 4.78 is 0. The molecule has 1 heterocycles. The number of nitrogens with zero attached hydrogens (tertiary/aromatic N) is 2. The van der Waals surface area contributed by atoms with Gasteiger partial charge in [-0.15, -0.1) is 11.3 Å². The number of nitriles is 1. The van der Waals surface area contributed by atoms with E-state index in [0.717, 1.165) is 17.7 Å². The molecule has 106 valence electrons. The summed E-state index contributed by atoms with van der Waals surface area (Å²) in [5.74, 6) is -0.653. The van der Waals surface area contributed by atoms with Crippen molar-refractivity contribution in [2.75, 3.05) is 0 Å². The summed E-state index contributed by atoms with van der Waals surface area (Å²) in [5, 5.41) is 12.5. The Labute approximate surface area is 132 Å². The van der Waals surface area contributed by atoms with Gasteiger partial charge in [-0.1, -0.05) is 23.7 Å². The van der Waals surface area contributed by atoms with Crippen molar-refractivity contribution in [1.82, 2.24) is 4.98 Å². The molecule has 0 N–H and O–H groups in total. The lowest BCUT2D eigenvalue weighted by atomic mass is 9.99. The monoisotopic (exact) mass is 316 g/mol. The summed E-state index contributed by atoms with van der Waals surface area (Å²) in [4.78, 5) is 16.8. The van der Waals surface area contributed by atoms with Crippen LogP contribution in [0.4, 0.5) is 0 Å². The molecule has 1 fully saturated rings. The Balaban J connectivity index is 1.76. The van der Waals surface area contributed by atoms with E-state index >= 15 is 0 Å². The standard InChI is InChI=1S/C16H13ClN2OS/c1-9-8-21-16(19-9)14(7-18)15(20)13-6-12(13)10-3-2-4-11(17)5-10/h2-5,8,12-14H,6H2,1H3/t12-,13-,14-/m1/s1. The zero-order chi connectivity index (χ0) is 15.0. The highest BCUT2D eigenvalue weighted by Crippen LogP contribution is 2.50. The first-order valence-electron chi connectivity index (χ1n) is 6.71. The van der Waals surface area contributed by atoms with Gasteiger partial charge in [0.05, 0.1) is 6.07 Å². The number of carbonyl (C=O) groups excluding carboxylic acids is 1. The van der Waals surface area contributed by atoms with Gasteiger partial charge < -0.3 is 0 Å². The second-order valence-electron chi connectivity index (χ2n) is 5.30. The van der Waals surface area contributed by atoms with E-state index in [4.69, 9.17) is 11.6 Å². The first-order chi connectivity index (χ1) is 10.1. The molecule has 0 radical (unpaired) electrons. The van der Waals surface area contributed by atoms with Crippen molar-refractivity contribution in [2.45, 2.75) is 25.2 Å². The highest BCUT2D eigenvalue weighted by molar-refractivity contribution is 7.09. The van der Waals surface area contributed by atoms with Gasteiger partial charge in [0, 0.05) is 22.0 Å². The molecule has 2 aromatic rings. The molecule has 3 rings (SSSR count). The van der Waals surface area contributed by atoms with Gasteiger partial charge >= 0.3 is 0 Å². The largest absolute Gasteiger partial charge is 0.297 e. The minimum absolute atomic E-state index is 0.0168. The second kappa shape index (κ2) is 5.59. The van der Waals surface area contributed by atoms with Crippen LogP contribution in [0.1, 0.15) is 34.5 Å². The van der Waals surface area contributed by atoms with Gasteiger partial charge in [0.1, 0.15) is 5.01 Å². The average molecular weight is 317 g/mol. The number of thiazole rings is 1. The van der Waals surface area contributed by atoms with Crippen LogP contribution in [-0.2, 0) is 4.79 Å². The van der Waals surface area contributed by atoms with Gasteiger partial charge in [-0.3, -0.25) is 4.79 Å². The fraction of sp³-hybridized carbons (Fsp3) is 0.312. The molecule has 3 nitrogen and oxygen atoms in total. The Hall–Kier alpha value is -1.70. The fourth-order valence-electron chi connectivity index (χ4n) is 2.57. The number of carbonyl (C=O) groups is 1. The summed E-state index contributed by atoms with van der Waals surface area (Å²) in [6.07, 6.45) is 0.793. The molecular formula is C16H13ClN2OS. The average Bonchev–Trinajstić information content (AvgIpc) is 3.16. The first-order valence-corrected chi connectivity index (χ1v) is 7.96. The highest BCUT2D eigenvalue weighted by Gasteiger charge is 2.47. The van der Waals surface area contributed by atoms with Gasteiger partial charge in [0.2, 0.25) is 0 Å². The Bertz CT molecular complexity index is 734. The van der Waals surface area contributed by atoms with Crippen molar-refractivity contribution in [3.8, 4) is 6.07 Å². The molecule has 1 aromatic carbocycles. The number of halogens is 1. The summed E-state index contributed by atoms with van der Waals surface area (Å²) >= 11 is 7.37. The van der Waals surface area contributed by atoms with Crippen molar-refractivity contribution in [3.63, 3.8) is 0 Å². The third kappa shape index (κ3) is 2.85. The molecule has 0 spiro atoms. The summed E-state index contributed by atoms with van der Waals surface area (Å²) in [7, 11) is 0. The van der Waals surface area contributed by atoms with Crippen LogP contribution in [0.3, 0.4) is 0 Å². The molecule has 0 aliphatic heterocycles. The fourth-order valence-corrected chi connectivity index (χ4v) is 3.62. The van der Waals surface area contributed by atoms with Crippen LogP contribution >= 0.6 is 22.9 Å². The summed E-state index contributed by atoms with van der Waals surface area (Å²) in [5.41, 5.74) is 1.93. The summed E-state index contributed by atoms with van der Waals surface area (Å²) in [6.45, 7) is 1.87. The number of aromatic nitrogens is 1. The van der Waals surface area contributed by atoms with Crippen molar-refractivity contribution < 1.29 is 4.79 Å². The predicted octanol–water partition coefficient (Wildman–Crippen LogP) is 4.08. The molecule has 0 saturated heterocycles. The van der Waals surface area contributed by atoms with E-state index in [1.54, 1.807) is 0 Å². The minimum Gasteiger partial charge on any atom is -0.297 e. The van der Waals surface area contributed by atoms with Crippen LogP contribution in [0.2, 0.25) is 5.02 Å². The van der Waals surface area contributed by atoms with Gasteiger partial charge in [-0.25, -0.2) is 4.98 Å². The van der Waals surface area contributed by atoms with Crippen LogP contribution < -0.4 is 0 Å². The maximum Gasteiger partial charge on any atom is 0.160 e. The normalized spacial score (nSPS) is 21.6. The van der Waals surface area contributed by atoms with Crippen LogP contribution in [0, 0.1) is 24.2 Å². The van der Waals surface area contributed by atoms with Crippen molar-refractivity contribution >= 4 is 28.7 Å². The van der Waals surface area contributed by atoms with E-state index < -0.39 is 5.92 Å². The van der Waals surface area contributed by atoms with Crippen molar-refractivity contribution in [3.05, 3.63) is 50.9 Å². The number of hydrogen-bond donors (Lipinski definition) is 0. The second-order valence-corrected chi connectivity index (χ2v) is 6.62. The molecule has 1 saturated carbocycles. The topological polar surface area (TPSA) is 53.8 Å². The zero-order valence-corrected chi connectivity index (χ0v) is 13.0. The number of aryl methyl sites for hydroxylation is 1. The van der Waals surface area contributed by atoms with E-state index in [1.807, 2.05) is 36.6 Å². The molecule has 0 amide bonds. The molecule has 0 bridgehead atoms. The van der Waals surface area contributed by atoms with Gasteiger partial charge in [-0.05, 0) is 37.0 Å². The lowest BCUT2D eigenvalue weighted by molar-refractivity contribution is -0.120. The smallest absolute Gasteiger partial charge is 0.160 e. The predicted molar refractivity (Wildman–Crippen MR) is 82.5 cm³/mol. The SMILES string of the molecule is Cc1csc([C@H](C#N)C(=O)[C@@H]2C[C@@H]2c2cccc(Cl)c2)n1.